The maximum Gasteiger partial charge on any atom is 0.469 e. The predicted molar refractivity (Wildman–Crippen MR) is 163 cm³/mol. The third-order valence-corrected chi connectivity index (χ3v) is 8.44. The second kappa shape index (κ2) is 14.5. The number of thiazole rings is 1. The first-order valence-corrected chi connectivity index (χ1v) is 16.3. The van der Waals surface area contributed by atoms with Gasteiger partial charge in [0.25, 0.3) is 0 Å². The second-order valence-electron chi connectivity index (χ2n) is 10.1. The number of phosphoric acid groups is 1. The monoisotopic (exact) mass is 664 g/mol. The minimum atomic E-state index is -4.51. The van der Waals surface area contributed by atoms with Gasteiger partial charge in [-0.25, -0.2) is 28.3 Å². The largest absolute Gasteiger partial charge is 0.493 e. The van der Waals surface area contributed by atoms with E-state index in [1.807, 2.05) is 0 Å². The zero-order chi connectivity index (χ0) is 32.0. The van der Waals surface area contributed by atoms with Gasteiger partial charge in [0.2, 0.25) is 5.91 Å². The minimum Gasteiger partial charge on any atom is -0.493 e. The number of hydrogen-bond donors (Lipinski definition) is 4. The fourth-order valence-electron chi connectivity index (χ4n) is 4.95. The van der Waals surface area contributed by atoms with Crippen LogP contribution in [0.1, 0.15) is 24.1 Å². The van der Waals surface area contributed by atoms with Crippen LogP contribution in [-0.4, -0.2) is 75.0 Å². The number of halogens is 2. The van der Waals surface area contributed by atoms with Gasteiger partial charge in [0.15, 0.2) is 28.3 Å². The van der Waals surface area contributed by atoms with E-state index in [1.54, 1.807) is 12.1 Å². The molecule has 4 aromatic rings. The number of ether oxygens (including phenoxy) is 2. The molecular formula is C28H31F2N6O7PS. The Balaban J connectivity index is 1.19. The first-order valence-electron chi connectivity index (χ1n) is 13.9. The molecule has 2 aromatic heterocycles. The molecule has 0 bridgehead atoms. The lowest BCUT2D eigenvalue weighted by Crippen LogP contribution is -2.34. The number of hydrogen-bond acceptors (Lipinski definition) is 11. The highest BCUT2D eigenvalue weighted by atomic mass is 32.1. The first kappa shape index (κ1) is 32.6. The Morgan fingerprint density at radius 3 is 2.84 bits per heavy atom. The molecule has 1 saturated heterocycles. The summed E-state index contributed by atoms with van der Waals surface area (Å²) in [6, 6.07) is 7.00. The maximum atomic E-state index is 13.9. The summed E-state index contributed by atoms with van der Waals surface area (Å²) in [4.78, 5) is 46.1. The molecule has 1 aliphatic heterocycles. The molecule has 0 radical (unpaired) electrons. The topological polar surface area (TPSA) is 168 Å². The molecule has 1 atom stereocenters. The van der Waals surface area contributed by atoms with Crippen LogP contribution in [-0.2, 0) is 20.3 Å². The number of carbonyl (C=O) groups excluding carboxylic acids is 1. The van der Waals surface area contributed by atoms with Crippen LogP contribution >= 0.6 is 19.2 Å². The molecule has 45 heavy (non-hydrogen) atoms. The molecule has 1 amide bonds. The van der Waals surface area contributed by atoms with Crippen molar-refractivity contribution in [2.24, 2.45) is 0 Å². The number of benzene rings is 2. The van der Waals surface area contributed by atoms with Crippen LogP contribution in [0.4, 0.5) is 25.4 Å². The number of fused-ring (bicyclic) bond motifs is 1. The van der Waals surface area contributed by atoms with Crippen LogP contribution in [0.25, 0.3) is 10.9 Å². The number of aromatic nitrogens is 3. The van der Waals surface area contributed by atoms with E-state index < -0.39 is 25.4 Å². The molecule has 0 saturated carbocycles. The lowest BCUT2D eigenvalue weighted by atomic mass is 10.2. The fraction of sp³-hybridized carbons (Fsp3) is 0.357. The SMILES string of the molecule is COc1cc2c(Nc3ncc(CC(=O)Nc4cccc(F)c4F)s3)ncnc2cc1OCCCN1CCC[C@H]1COP(=O)(O)O. The Kier molecular flexibility index (Phi) is 10.5. The zero-order valence-corrected chi connectivity index (χ0v) is 25.8. The van der Waals surface area contributed by atoms with Gasteiger partial charge in [0.05, 0.1) is 37.9 Å². The lowest BCUT2D eigenvalue weighted by molar-refractivity contribution is -0.115. The number of rotatable bonds is 14. The van der Waals surface area contributed by atoms with E-state index in [4.69, 9.17) is 23.8 Å². The Bertz CT molecular complexity index is 1710. The molecule has 0 unspecified atom stereocenters. The number of nitrogens with zero attached hydrogens (tertiary/aromatic N) is 4. The standard InChI is InChI=1S/C28H31F2N6O7PS/c1-41-23-12-19-22(13-24(23)42-10-4-9-36-8-3-5-17(36)15-43-44(38,39)40)32-16-33-27(19)35-28-31-14-18(45-28)11-25(37)34-21-7-2-6-20(29)26(21)30/h2,6-7,12-14,16-17H,3-5,8-11,15H2,1H3,(H,34,37)(H2,38,39,40)(H,31,32,33,35)/t17-/m0/s1. The Labute approximate surface area is 260 Å². The molecule has 3 heterocycles. The molecular weight excluding hydrogens is 633 g/mol. The van der Waals surface area contributed by atoms with Crippen LogP contribution in [0.2, 0.25) is 0 Å². The molecule has 2 aromatic carbocycles. The summed E-state index contributed by atoms with van der Waals surface area (Å²) in [6.45, 7) is 1.86. The van der Waals surface area contributed by atoms with Crippen molar-refractivity contribution in [3.8, 4) is 11.5 Å². The molecule has 4 N–H and O–H groups in total. The summed E-state index contributed by atoms with van der Waals surface area (Å²) in [5.41, 5.74) is 0.352. The van der Waals surface area contributed by atoms with E-state index in [1.165, 1.54) is 43.1 Å². The van der Waals surface area contributed by atoms with Gasteiger partial charge < -0.3 is 29.9 Å². The smallest absolute Gasteiger partial charge is 0.469 e. The van der Waals surface area contributed by atoms with E-state index in [0.29, 0.717) is 57.8 Å². The molecule has 0 aliphatic carbocycles. The maximum absolute atomic E-state index is 13.9. The van der Waals surface area contributed by atoms with Gasteiger partial charge in [-0.1, -0.05) is 6.07 Å². The number of anilines is 3. The predicted octanol–water partition coefficient (Wildman–Crippen LogP) is 4.64. The molecule has 1 aliphatic rings. The summed E-state index contributed by atoms with van der Waals surface area (Å²) in [6.07, 6.45) is 5.23. The van der Waals surface area contributed by atoms with Crippen molar-refractivity contribution in [1.82, 2.24) is 19.9 Å². The van der Waals surface area contributed by atoms with Gasteiger partial charge in [0.1, 0.15) is 12.1 Å². The van der Waals surface area contributed by atoms with Crippen LogP contribution in [0.3, 0.4) is 0 Å². The highest BCUT2D eigenvalue weighted by Gasteiger charge is 2.27. The van der Waals surface area contributed by atoms with Crippen LogP contribution in [0.5, 0.6) is 11.5 Å². The Morgan fingerprint density at radius 1 is 1.20 bits per heavy atom. The number of methoxy groups -OCH3 is 1. The molecule has 240 valence electrons. The third-order valence-electron chi connectivity index (χ3n) is 7.04. The van der Waals surface area contributed by atoms with Crippen molar-refractivity contribution in [3.63, 3.8) is 0 Å². The van der Waals surface area contributed by atoms with Gasteiger partial charge in [-0.15, -0.1) is 11.3 Å². The van der Waals surface area contributed by atoms with E-state index in [-0.39, 0.29) is 24.8 Å². The summed E-state index contributed by atoms with van der Waals surface area (Å²) in [7, 11) is -2.98. The van der Waals surface area contributed by atoms with E-state index in [2.05, 4.69) is 30.5 Å². The number of likely N-dealkylation sites (tertiary alicyclic amines) is 1. The number of carbonyl (C=O) groups is 1. The third kappa shape index (κ3) is 8.69. The zero-order valence-electron chi connectivity index (χ0n) is 24.1. The van der Waals surface area contributed by atoms with Crippen LogP contribution in [0.15, 0.2) is 42.9 Å². The van der Waals surface area contributed by atoms with Crippen molar-refractivity contribution in [2.75, 3.05) is 44.0 Å². The Hall–Kier alpha value is -3.79. The summed E-state index contributed by atoms with van der Waals surface area (Å²) >= 11 is 1.21. The average Bonchev–Trinajstić information content (AvgIpc) is 3.65. The summed E-state index contributed by atoms with van der Waals surface area (Å²) in [5.74, 6) is -1.28. The summed E-state index contributed by atoms with van der Waals surface area (Å²) < 4.78 is 54.7. The van der Waals surface area contributed by atoms with Crippen molar-refractivity contribution < 1.29 is 41.9 Å². The Morgan fingerprint density at radius 2 is 2.04 bits per heavy atom. The van der Waals surface area contributed by atoms with E-state index >= 15 is 0 Å². The number of amides is 1. The highest BCUT2D eigenvalue weighted by molar-refractivity contribution is 7.46. The van der Waals surface area contributed by atoms with Gasteiger partial charge in [-0.2, -0.15) is 0 Å². The molecule has 0 spiro atoms. The lowest BCUT2D eigenvalue weighted by Gasteiger charge is -2.24. The van der Waals surface area contributed by atoms with Crippen molar-refractivity contribution in [1.29, 1.82) is 0 Å². The molecule has 1 fully saturated rings. The average molecular weight is 665 g/mol. The molecule has 17 heteroatoms. The number of phosphoric ester groups is 1. The van der Waals surface area contributed by atoms with Crippen LogP contribution in [0, 0.1) is 11.6 Å². The van der Waals surface area contributed by atoms with Gasteiger partial charge in [0, 0.05) is 35.1 Å². The fourth-order valence-corrected chi connectivity index (χ4v) is 6.12. The first-order chi connectivity index (χ1) is 21.6. The molecule has 13 nitrogen and oxygen atoms in total. The van der Waals surface area contributed by atoms with Gasteiger partial charge >= 0.3 is 7.82 Å². The van der Waals surface area contributed by atoms with Gasteiger partial charge in [-0.3, -0.25) is 14.2 Å². The van der Waals surface area contributed by atoms with Crippen molar-refractivity contribution in [3.05, 3.63) is 59.4 Å². The number of nitrogens with one attached hydrogen (secondary N) is 2. The van der Waals surface area contributed by atoms with Crippen molar-refractivity contribution in [2.45, 2.75) is 31.7 Å². The molecule has 5 rings (SSSR count). The quantitative estimate of drug-likeness (QED) is 0.109. The highest BCUT2D eigenvalue weighted by Crippen LogP contribution is 2.37. The van der Waals surface area contributed by atoms with E-state index in [0.717, 1.165) is 25.5 Å². The second-order valence-corrected chi connectivity index (χ2v) is 12.5. The van der Waals surface area contributed by atoms with Gasteiger partial charge in [-0.05, 0) is 44.0 Å². The van der Waals surface area contributed by atoms with Crippen LogP contribution < -0.4 is 20.1 Å². The normalized spacial score (nSPS) is 15.4. The summed E-state index contributed by atoms with van der Waals surface area (Å²) in [5, 5.41) is 6.61. The van der Waals surface area contributed by atoms with E-state index in [9.17, 15) is 18.1 Å². The van der Waals surface area contributed by atoms with Crippen molar-refractivity contribution >= 4 is 52.6 Å². The minimum absolute atomic E-state index is 0.0187.